The van der Waals surface area contributed by atoms with Gasteiger partial charge < -0.3 is 14.4 Å². The highest BCUT2D eigenvalue weighted by Gasteiger charge is 2.35. The van der Waals surface area contributed by atoms with E-state index < -0.39 is 0 Å². The average Bonchev–Trinajstić information content (AvgIpc) is 3.07. The fourth-order valence-electron chi connectivity index (χ4n) is 4.43. The average molecular weight is 421 g/mol. The van der Waals surface area contributed by atoms with Crippen LogP contribution >= 0.6 is 0 Å². The molecule has 0 atom stereocenters. The van der Waals surface area contributed by atoms with Crippen molar-refractivity contribution in [2.75, 3.05) is 31.3 Å². The lowest BCUT2D eigenvalue weighted by Gasteiger charge is -2.31. The minimum atomic E-state index is -0.0518. The second kappa shape index (κ2) is 8.75. The van der Waals surface area contributed by atoms with Crippen LogP contribution in [0.1, 0.15) is 54.7 Å². The predicted octanol–water partition coefficient (Wildman–Crippen LogP) is 5.27. The molecule has 0 N–H and O–H groups in total. The monoisotopic (exact) mass is 420 g/mol. The third-order valence-electron chi connectivity index (χ3n) is 5.93. The molecule has 2 aromatic rings. The van der Waals surface area contributed by atoms with Gasteiger partial charge in [0, 0.05) is 31.9 Å². The Labute approximate surface area is 185 Å². The summed E-state index contributed by atoms with van der Waals surface area (Å²) in [5.41, 5.74) is 4.68. The van der Waals surface area contributed by atoms with Gasteiger partial charge in [-0.3, -0.25) is 9.69 Å². The molecule has 0 fully saturated rings. The zero-order valence-corrected chi connectivity index (χ0v) is 19.2. The third kappa shape index (κ3) is 4.19. The molecule has 31 heavy (non-hydrogen) atoms. The van der Waals surface area contributed by atoms with Crippen LogP contribution in [0.5, 0.6) is 11.5 Å². The lowest BCUT2D eigenvalue weighted by atomic mass is 9.98. The molecule has 164 valence electrons. The van der Waals surface area contributed by atoms with E-state index in [9.17, 15) is 4.79 Å². The summed E-state index contributed by atoms with van der Waals surface area (Å²) < 4.78 is 12.2. The quantitative estimate of drug-likeness (QED) is 0.596. The number of allylic oxidation sites excluding steroid dienone is 1. The molecule has 2 aromatic carbocycles. The maximum atomic E-state index is 13.2. The summed E-state index contributed by atoms with van der Waals surface area (Å²) in [6, 6.07) is 10.2. The van der Waals surface area contributed by atoms with E-state index in [1.54, 1.807) is 0 Å². The highest BCUT2D eigenvalue weighted by atomic mass is 16.5. The first-order valence-electron chi connectivity index (χ1n) is 11.2. The summed E-state index contributed by atoms with van der Waals surface area (Å²) in [4.78, 5) is 17.7. The topological polar surface area (TPSA) is 42.0 Å². The van der Waals surface area contributed by atoms with Crippen molar-refractivity contribution in [2.45, 2.75) is 41.2 Å². The van der Waals surface area contributed by atoms with Crippen molar-refractivity contribution in [2.24, 2.45) is 5.92 Å². The largest absolute Gasteiger partial charge is 0.478 e. The van der Waals surface area contributed by atoms with Crippen molar-refractivity contribution in [1.82, 2.24) is 4.90 Å². The number of benzene rings is 2. The molecule has 0 saturated heterocycles. The van der Waals surface area contributed by atoms with Gasteiger partial charge in [-0.25, -0.2) is 0 Å². The van der Waals surface area contributed by atoms with E-state index in [0.29, 0.717) is 29.7 Å². The van der Waals surface area contributed by atoms with E-state index in [0.717, 1.165) is 48.6 Å². The van der Waals surface area contributed by atoms with Crippen molar-refractivity contribution in [3.63, 3.8) is 0 Å². The minimum absolute atomic E-state index is 0.0518. The normalized spacial score (nSPS) is 16.8. The summed E-state index contributed by atoms with van der Waals surface area (Å²) >= 11 is 0. The molecule has 0 radical (unpaired) electrons. The lowest BCUT2D eigenvalue weighted by molar-refractivity contribution is 0.0831. The third-order valence-corrected chi connectivity index (χ3v) is 5.93. The number of rotatable bonds is 6. The summed E-state index contributed by atoms with van der Waals surface area (Å²) in [5, 5.41) is 0. The Morgan fingerprint density at radius 2 is 1.87 bits per heavy atom. The van der Waals surface area contributed by atoms with Crippen molar-refractivity contribution >= 4 is 17.5 Å². The number of hydrogen-bond donors (Lipinski definition) is 0. The molecular formula is C26H32N2O3. The number of carbonyl (C=O) groups excluding carboxylic acids is 1. The molecule has 0 aromatic heterocycles. The van der Waals surface area contributed by atoms with Gasteiger partial charge in [0.25, 0.3) is 0 Å². The number of anilines is 1. The van der Waals surface area contributed by atoms with Crippen LogP contribution < -0.4 is 14.4 Å². The van der Waals surface area contributed by atoms with Gasteiger partial charge in [-0.05, 0) is 62.1 Å². The zero-order chi connectivity index (χ0) is 22.1. The summed E-state index contributed by atoms with van der Waals surface area (Å²) in [5.74, 6) is 2.36. The Hall–Kier alpha value is -2.79. The Kier molecular flexibility index (Phi) is 6.05. The van der Waals surface area contributed by atoms with Gasteiger partial charge in [-0.15, -0.1) is 0 Å². The molecule has 0 bridgehead atoms. The lowest BCUT2D eigenvalue weighted by Crippen LogP contribution is -2.35. The Balaban J connectivity index is 1.63. The van der Waals surface area contributed by atoms with Crippen LogP contribution in [0.3, 0.4) is 0 Å². The Morgan fingerprint density at radius 3 is 2.52 bits per heavy atom. The molecule has 5 heteroatoms. The van der Waals surface area contributed by atoms with Crippen LogP contribution in [0.25, 0.3) is 6.08 Å². The van der Waals surface area contributed by atoms with E-state index in [2.05, 4.69) is 49.6 Å². The summed E-state index contributed by atoms with van der Waals surface area (Å²) in [7, 11) is 0. The van der Waals surface area contributed by atoms with Crippen molar-refractivity contribution in [3.8, 4) is 11.5 Å². The van der Waals surface area contributed by atoms with E-state index in [1.807, 2.05) is 31.2 Å². The van der Waals surface area contributed by atoms with Gasteiger partial charge in [-0.1, -0.05) is 26.0 Å². The van der Waals surface area contributed by atoms with Crippen LogP contribution in [-0.2, 0) is 6.54 Å². The van der Waals surface area contributed by atoms with Gasteiger partial charge >= 0.3 is 0 Å². The van der Waals surface area contributed by atoms with E-state index in [-0.39, 0.29) is 5.78 Å². The molecule has 2 aliphatic heterocycles. The standard InChI is InChI=1S/C26H32N2O3/c1-6-28(7-2)20-10-8-19(9-11-20)13-23-25(29)24-18(5)12-22-21(26(24)31-23)15-27(16-30-22)14-17(3)4/h8-13,17H,6-7,14-16H2,1-5H3/b23-13-. The molecular weight excluding hydrogens is 388 g/mol. The van der Waals surface area contributed by atoms with Crippen molar-refractivity contribution in [1.29, 1.82) is 0 Å². The molecule has 0 unspecified atom stereocenters. The molecule has 0 spiro atoms. The van der Waals surface area contributed by atoms with E-state index in [4.69, 9.17) is 9.47 Å². The smallest absolute Gasteiger partial charge is 0.232 e. The van der Waals surface area contributed by atoms with Gasteiger partial charge in [0.1, 0.15) is 18.2 Å². The van der Waals surface area contributed by atoms with Crippen LogP contribution in [0.2, 0.25) is 0 Å². The number of carbonyl (C=O) groups is 1. The van der Waals surface area contributed by atoms with E-state index >= 15 is 0 Å². The van der Waals surface area contributed by atoms with E-state index in [1.165, 1.54) is 5.69 Å². The van der Waals surface area contributed by atoms with Gasteiger partial charge in [0.05, 0.1) is 11.1 Å². The van der Waals surface area contributed by atoms with Gasteiger partial charge in [-0.2, -0.15) is 0 Å². The molecule has 0 amide bonds. The fourth-order valence-corrected chi connectivity index (χ4v) is 4.43. The number of Topliss-reactive ketones (excluding diaryl/α,β-unsaturated/α-hetero) is 1. The number of aryl methyl sites for hydroxylation is 1. The van der Waals surface area contributed by atoms with Crippen molar-refractivity contribution in [3.05, 3.63) is 58.3 Å². The molecule has 2 heterocycles. The number of fused-ring (bicyclic) bond motifs is 3. The number of ketones is 1. The highest BCUT2D eigenvalue weighted by molar-refractivity contribution is 6.15. The van der Waals surface area contributed by atoms with Crippen LogP contribution in [-0.4, -0.2) is 37.0 Å². The van der Waals surface area contributed by atoms with Crippen LogP contribution in [0.15, 0.2) is 36.1 Å². The first kappa shape index (κ1) is 21.4. The van der Waals surface area contributed by atoms with Gasteiger partial charge in [0.15, 0.2) is 5.76 Å². The molecule has 0 saturated carbocycles. The molecule has 5 nitrogen and oxygen atoms in total. The number of nitrogens with zero attached hydrogens (tertiary/aromatic N) is 2. The Morgan fingerprint density at radius 1 is 1.16 bits per heavy atom. The maximum absolute atomic E-state index is 13.2. The zero-order valence-electron chi connectivity index (χ0n) is 19.2. The maximum Gasteiger partial charge on any atom is 0.232 e. The highest BCUT2D eigenvalue weighted by Crippen LogP contribution is 2.44. The van der Waals surface area contributed by atoms with Crippen LogP contribution in [0, 0.1) is 12.8 Å². The number of ether oxygens (including phenoxy) is 2. The first-order valence-corrected chi connectivity index (χ1v) is 11.2. The first-order chi connectivity index (χ1) is 14.9. The predicted molar refractivity (Wildman–Crippen MR) is 125 cm³/mol. The second-order valence-corrected chi connectivity index (χ2v) is 8.76. The summed E-state index contributed by atoms with van der Waals surface area (Å²) in [6.45, 7) is 14.8. The van der Waals surface area contributed by atoms with Crippen molar-refractivity contribution < 1.29 is 14.3 Å². The van der Waals surface area contributed by atoms with Crippen LogP contribution in [0.4, 0.5) is 5.69 Å². The second-order valence-electron chi connectivity index (χ2n) is 8.76. The summed E-state index contributed by atoms with van der Waals surface area (Å²) in [6.07, 6.45) is 1.84. The molecule has 4 rings (SSSR count). The van der Waals surface area contributed by atoms with Gasteiger partial charge in [0.2, 0.25) is 5.78 Å². The minimum Gasteiger partial charge on any atom is -0.478 e. The number of hydrogen-bond acceptors (Lipinski definition) is 5. The Bertz CT molecular complexity index is 1000. The molecule has 2 aliphatic rings. The fraction of sp³-hybridized carbons (Fsp3) is 0.423. The molecule has 0 aliphatic carbocycles. The SMILES string of the molecule is CCN(CC)c1ccc(/C=C2\Oc3c4c(cc(C)c3C2=O)OCN(CC(C)C)C4)cc1.